The van der Waals surface area contributed by atoms with Crippen LogP contribution in [0.1, 0.15) is 42.7 Å². The van der Waals surface area contributed by atoms with Crippen molar-refractivity contribution in [1.82, 2.24) is 24.5 Å². The molecule has 0 saturated heterocycles. The van der Waals surface area contributed by atoms with Gasteiger partial charge in [-0.3, -0.25) is 0 Å². The molecule has 1 N–H and O–H groups in total. The lowest BCUT2D eigenvalue weighted by atomic mass is 10.1. The van der Waals surface area contributed by atoms with Crippen LogP contribution in [0.4, 0.5) is 0 Å². The van der Waals surface area contributed by atoms with Crippen LogP contribution in [-0.2, 0) is 13.0 Å². The molecular weight excluding hydrogens is 246 g/mol. The first-order valence-electron chi connectivity index (χ1n) is 6.31. The first-order valence-corrected chi connectivity index (χ1v) is 7.08. The summed E-state index contributed by atoms with van der Waals surface area (Å²) in [6, 6.07) is 0.0847. The summed E-state index contributed by atoms with van der Waals surface area (Å²) in [5.41, 5.74) is 1.09. The summed E-state index contributed by atoms with van der Waals surface area (Å²) in [6.45, 7) is 5.20. The predicted molar refractivity (Wildman–Crippen MR) is 72.7 cm³/mol. The van der Waals surface area contributed by atoms with Crippen molar-refractivity contribution < 1.29 is 0 Å². The maximum atomic E-state index is 4.47. The maximum absolute atomic E-state index is 4.47. The SMILES string of the molecule is CCCc1nnsc1C(NC)c1nccn1CC. The van der Waals surface area contributed by atoms with Crippen molar-refractivity contribution in [3.63, 3.8) is 0 Å². The van der Waals surface area contributed by atoms with Crippen LogP contribution in [0.2, 0.25) is 0 Å². The molecule has 1 atom stereocenters. The predicted octanol–water partition coefficient (Wildman–Crippen LogP) is 2.02. The summed E-state index contributed by atoms with van der Waals surface area (Å²) < 4.78 is 6.24. The molecule has 1 unspecified atom stereocenters. The highest BCUT2D eigenvalue weighted by Crippen LogP contribution is 2.26. The molecule has 0 aliphatic rings. The van der Waals surface area contributed by atoms with E-state index in [4.69, 9.17) is 0 Å². The molecule has 6 heteroatoms. The van der Waals surface area contributed by atoms with Crippen molar-refractivity contribution in [2.75, 3.05) is 7.05 Å². The van der Waals surface area contributed by atoms with Crippen LogP contribution in [-0.4, -0.2) is 26.2 Å². The molecule has 2 heterocycles. The van der Waals surface area contributed by atoms with Gasteiger partial charge in [-0.25, -0.2) is 4.98 Å². The Morgan fingerprint density at radius 3 is 2.94 bits per heavy atom. The lowest BCUT2D eigenvalue weighted by Gasteiger charge is -2.16. The van der Waals surface area contributed by atoms with Gasteiger partial charge in [0.2, 0.25) is 0 Å². The number of imidazole rings is 1. The fourth-order valence-electron chi connectivity index (χ4n) is 2.07. The van der Waals surface area contributed by atoms with Gasteiger partial charge in [-0.05, 0) is 31.9 Å². The molecule has 2 rings (SSSR count). The number of aryl methyl sites for hydroxylation is 2. The van der Waals surface area contributed by atoms with Crippen molar-refractivity contribution >= 4 is 11.5 Å². The van der Waals surface area contributed by atoms with Crippen LogP contribution in [0.5, 0.6) is 0 Å². The van der Waals surface area contributed by atoms with E-state index in [9.17, 15) is 0 Å². The van der Waals surface area contributed by atoms with Crippen molar-refractivity contribution in [1.29, 1.82) is 0 Å². The Kier molecular flexibility index (Phi) is 4.43. The number of rotatable bonds is 6. The molecule has 0 fully saturated rings. The van der Waals surface area contributed by atoms with Gasteiger partial charge in [0.15, 0.2) is 0 Å². The molecule has 0 aliphatic heterocycles. The van der Waals surface area contributed by atoms with Gasteiger partial charge in [-0.15, -0.1) is 5.10 Å². The van der Waals surface area contributed by atoms with E-state index in [1.165, 1.54) is 16.4 Å². The van der Waals surface area contributed by atoms with E-state index in [0.717, 1.165) is 30.9 Å². The van der Waals surface area contributed by atoms with Crippen molar-refractivity contribution in [2.45, 2.75) is 39.3 Å². The number of nitrogens with one attached hydrogen (secondary N) is 1. The fraction of sp³-hybridized carbons (Fsp3) is 0.583. The first kappa shape index (κ1) is 13.2. The molecule has 0 amide bonds. The number of nitrogens with zero attached hydrogens (tertiary/aromatic N) is 4. The van der Waals surface area contributed by atoms with E-state index in [1.54, 1.807) is 0 Å². The Labute approximate surface area is 111 Å². The highest BCUT2D eigenvalue weighted by molar-refractivity contribution is 7.05. The zero-order valence-electron chi connectivity index (χ0n) is 11.1. The third-order valence-corrected chi connectivity index (χ3v) is 3.80. The third-order valence-electron chi connectivity index (χ3n) is 2.97. The summed E-state index contributed by atoms with van der Waals surface area (Å²) in [4.78, 5) is 5.65. The van der Waals surface area contributed by atoms with Gasteiger partial charge in [0.05, 0.1) is 10.6 Å². The molecule has 2 aromatic rings. The van der Waals surface area contributed by atoms with Gasteiger partial charge in [0, 0.05) is 18.9 Å². The Balaban J connectivity index is 2.36. The van der Waals surface area contributed by atoms with Crippen LogP contribution in [0.15, 0.2) is 12.4 Å². The first-order chi connectivity index (χ1) is 8.81. The molecular formula is C12H19N5S. The Morgan fingerprint density at radius 1 is 1.44 bits per heavy atom. The van der Waals surface area contributed by atoms with E-state index < -0.39 is 0 Å². The van der Waals surface area contributed by atoms with Crippen molar-refractivity contribution in [3.8, 4) is 0 Å². The summed E-state index contributed by atoms with van der Waals surface area (Å²) in [7, 11) is 1.95. The summed E-state index contributed by atoms with van der Waals surface area (Å²) in [5, 5.41) is 7.56. The number of hydrogen-bond donors (Lipinski definition) is 1. The van der Waals surface area contributed by atoms with Gasteiger partial charge in [-0.1, -0.05) is 17.8 Å². The van der Waals surface area contributed by atoms with Crippen LogP contribution in [0.25, 0.3) is 0 Å². The fourth-order valence-corrected chi connectivity index (χ4v) is 2.88. The average Bonchev–Trinajstić information content (AvgIpc) is 3.01. The Bertz CT molecular complexity index is 490. The van der Waals surface area contributed by atoms with Crippen LogP contribution >= 0.6 is 11.5 Å². The Morgan fingerprint density at radius 2 is 2.28 bits per heavy atom. The Hall–Kier alpha value is -1.27. The smallest absolute Gasteiger partial charge is 0.131 e. The van der Waals surface area contributed by atoms with Gasteiger partial charge < -0.3 is 9.88 Å². The second kappa shape index (κ2) is 6.06. The highest BCUT2D eigenvalue weighted by Gasteiger charge is 2.22. The zero-order chi connectivity index (χ0) is 13.0. The summed E-state index contributed by atoms with van der Waals surface area (Å²) in [5.74, 6) is 1.03. The van der Waals surface area contributed by atoms with Gasteiger partial charge in [-0.2, -0.15) is 0 Å². The van der Waals surface area contributed by atoms with Crippen LogP contribution in [0.3, 0.4) is 0 Å². The van der Waals surface area contributed by atoms with E-state index in [1.807, 2.05) is 19.4 Å². The monoisotopic (exact) mass is 265 g/mol. The molecule has 98 valence electrons. The lowest BCUT2D eigenvalue weighted by molar-refractivity contribution is 0.591. The van der Waals surface area contributed by atoms with E-state index in [-0.39, 0.29) is 6.04 Å². The number of hydrogen-bond acceptors (Lipinski definition) is 5. The molecule has 5 nitrogen and oxygen atoms in total. The van der Waals surface area contributed by atoms with Gasteiger partial charge in [0.1, 0.15) is 11.9 Å². The second-order valence-electron chi connectivity index (χ2n) is 4.13. The minimum absolute atomic E-state index is 0.0847. The largest absolute Gasteiger partial charge is 0.334 e. The normalized spacial score (nSPS) is 12.8. The summed E-state index contributed by atoms with van der Waals surface area (Å²) >= 11 is 1.46. The molecule has 0 aliphatic carbocycles. The lowest BCUT2D eigenvalue weighted by Crippen LogP contribution is -2.22. The van der Waals surface area contributed by atoms with E-state index in [0.29, 0.717) is 0 Å². The maximum Gasteiger partial charge on any atom is 0.131 e. The van der Waals surface area contributed by atoms with E-state index >= 15 is 0 Å². The quantitative estimate of drug-likeness (QED) is 0.868. The van der Waals surface area contributed by atoms with Crippen molar-refractivity contribution in [2.24, 2.45) is 0 Å². The topological polar surface area (TPSA) is 55.6 Å². The number of aromatic nitrogens is 4. The molecule has 0 aromatic carbocycles. The molecule has 0 spiro atoms. The van der Waals surface area contributed by atoms with Crippen LogP contribution in [0, 0.1) is 0 Å². The van der Waals surface area contributed by atoms with Crippen LogP contribution < -0.4 is 5.32 Å². The molecule has 2 aromatic heterocycles. The standard InChI is InChI=1S/C12H19N5S/c1-4-6-9-11(18-16-15-9)10(13-3)12-14-7-8-17(12)5-2/h7-8,10,13H,4-6H2,1-3H3. The zero-order valence-corrected chi connectivity index (χ0v) is 11.9. The molecule has 0 saturated carbocycles. The van der Waals surface area contributed by atoms with Crippen molar-refractivity contribution in [3.05, 3.63) is 28.8 Å². The van der Waals surface area contributed by atoms with Gasteiger partial charge in [0.25, 0.3) is 0 Å². The minimum atomic E-state index is 0.0847. The average molecular weight is 265 g/mol. The molecule has 0 bridgehead atoms. The summed E-state index contributed by atoms with van der Waals surface area (Å²) in [6.07, 6.45) is 5.90. The van der Waals surface area contributed by atoms with Gasteiger partial charge >= 0.3 is 0 Å². The minimum Gasteiger partial charge on any atom is -0.334 e. The highest BCUT2D eigenvalue weighted by atomic mass is 32.1. The molecule has 0 radical (unpaired) electrons. The van der Waals surface area contributed by atoms with E-state index in [2.05, 4.69) is 38.3 Å². The molecule has 18 heavy (non-hydrogen) atoms. The second-order valence-corrected chi connectivity index (χ2v) is 4.91. The third kappa shape index (κ3) is 2.44.